The predicted octanol–water partition coefficient (Wildman–Crippen LogP) is 5.03. The van der Waals surface area contributed by atoms with Crippen LogP contribution in [0.25, 0.3) is 5.57 Å². The van der Waals surface area contributed by atoms with Gasteiger partial charge < -0.3 is 0 Å². The van der Waals surface area contributed by atoms with E-state index in [1.165, 1.54) is 27.8 Å². The maximum absolute atomic E-state index is 4.64. The van der Waals surface area contributed by atoms with Gasteiger partial charge in [0.15, 0.2) is 0 Å². The van der Waals surface area contributed by atoms with Gasteiger partial charge in [-0.05, 0) is 63.3 Å². The molecule has 2 rings (SSSR count). The van der Waals surface area contributed by atoms with E-state index in [4.69, 9.17) is 0 Å². The first-order valence-corrected chi connectivity index (χ1v) is 6.90. The molecule has 0 N–H and O–H groups in total. The van der Waals surface area contributed by atoms with E-state index >= 15 is 0 Å². The van der Waals surface area contributed by atoms with Crippen LogP contribution in [0.2, 0.25) is 0 Å². The average Bonchev–Trinajstić information content (AvgIpc) is 2.67. The van der Waals surface area contributed by atoms with Crippen molar-refractivity contribution < 1.29 is 0 Å². The van der Waals surface area contributed by atoms with Crippen molar-refractivity contribution in [2.75, 3.05) is 0 Å². The number of aliphatic imine (C=N–C) groups is 1. The maximum atomic E-state index is 4.64. The first-order chi connectivity index (χ1) is 8.88. The first kappa shape index (κ1) is 13.8. The van der Waals surface area contributed by atoms with Crippen molar-refractivity contribution in [3.8, 4) is 0 Å². The summed E-state index contributed by atoms with van der Waals surface area (Å²) in [5.74, 6) is 0. The monoisotopic (exact) mass is 253 g/mol. The van der Waals surface area contributed by atoms with Gasteiger partial charge in [0.05, 0.1) is 5.54 Å². The zero-order chi connectivity index (χ0) is 14.0. The Labute approximate surface area is 116 Å². The largest absolute Gasteiger partial charge is 0.287 e. The van der Waals surface area contributed by atoms with Crippen molar-refractivity contribution in [3.05, 3.63) is 52.6 Å². The zero-order valence-electron chi connectivity index (χ0n) is 12.6. The summed E-state index contributed by atoms with van der Waals surface area (Å²) in [6, 6.07) is 8.55. The third-order valence-electron chi connectivity index (χ3n) is 3.53. The van der Waals surface area contributed by atoms with Crippen molar-refractivity contribution >= 4 is 11.8 Å². The van der Waals surface area contributed by atoms with Gasteiger partial charge in [-0.2, -0.15) is 0 Å². The maximum Gasteiger partial charge on any atom is 0.0524 e. The van der Waals surface area contributed by atoms with Gasteiger partial charge in [0.2, 0.25) is 0 Å². The Morgan fingerprint density at radius 1 is 1.11 bits per heavy atom. The molecular weight excluding hydrogens is 230 g/mol. The highest BCUT2D eigenvalue weighted by atomic mass is 14.8. The molecule has 0 saturated heterocycles. The topological polar surface area (TPSA) is 12.4 Å². The highest BCUT2D eigenvalue weighted by Gasteiger charge is 2.15. The number of nitrogens with zero attached hydrogens (tertiary/aromatic N) is 1. The van der Waals surface area contributed by atoms with Crippen molar-refractivity contribution in [1.82, 2.24) is 0 Å². The summed E-state index contributed by atoms with van der Waals surface area (Å²) in [5, 5.41) is 0. The van der Waals surface area contributed by atoms with Crippen LogP contribution in [0.15, 0.2) is 46.5 Å². The third kappa shape index (κ3) is 3.23. The van der Waals surface area contributed by atoms with E-state index in [1.54, 1.807) is 0 Å². The minimum atomic E-state index is -0.0274. The molecule has 0 fully saturated rings. The first-order valence-electron chi connectivity index (χ1n) is 6.90. The molecule has 0 bridgehead atoms. The van der Waals surface area contributed by atoms with Crippen LogP contribution in [0.4, 0.5) is 0 Å². The fourth-order valence-corrected chi connectivity index (χ4v) is 2.26. The Morgan fingerprint density at radius 3 is 2.37 bits per heavy atom. The highest BCUT2D eigenvalue weighted by molar-refractivity contribution is 5.91. The minimum absolute atomic E-state index is 0.0274. The summed E-state index contributed by atoms with van der Waals surface area (Å²) in [4.78, 5) is 4.64. The standard InChI is InChI=1S/C18H23N/c1-13-10-11-16(14(13)2)17-9-7-6-8-15(17)12-19-18(3,4)5/h6-10,12H,11H2,1-5H3. The van der Waals surface area contributed by atoms with Crippen LogP contribution < -0.4 is 0 Å². The van der Waals surface area contributed by atoms with E-state index in [-0.39, 0.29) is 5.54 Å². The normalized spacial score (nSPS) is 16.4. The molecule has 0 spiro atoms. The minimum Gasteiger partial charge on any atom is -0.287 e. The van der Waals surface area contributed by atoms with Gasteiger partial charge in [-0.3, -0.25) is 4.99 Å². The van der Waals surface area contributed by atoms with Crippen molar-refractivity contribution in [2.45, 2.75) is 46.6 Å². The quantitative estimate of drug-likeness (QED) is 0.656. The van der Waals surface area contributed by atoms with E-state index in [1.807, 2.05) is 6.21 Å². The second kappa shape index (κ2) is 5.16. The average molecular weight is 253 g/mol. The molecule has 1 aromatic rings. The summed E-state index contributed by atoms with van der Waals surface area (Å²) < 4.78 is 0. The van der Waals surface area contributed by atoms with Crippen LogP contribution in [-0.4, -0.2) is 11.8 Å². The Bertz CT molecular complexity index is 566. The second-order valence-corrected chi connectivity index (χ2v) is 6.21. The van der Waals surface area contributed by atoms with E-state index in [0.717, 1.165) is 6.42 Å². The van der Waals surface area contributed by atoms with Gasteiger partial charge in [0.25, 0.3) is 0 Å². The van der Waals surface area contributed by atoms with Gasteiger partial charge in [-0.1, -0.05) is 35.9 Å². The Morgan fingerprint density at radius 2 is 1.79 bits per heavy atom. The Kier molecular flexibility index (Phi) is 3.75. The van der Waals surface area contributed by atoms with E-state index < -0.39 is 0 Å². The number of hydrogen-bond donors (Lipinski definition) is 0. The summed E-state index contributed by atoms with van der Waals surface area (Å²) >= 11 is 0. The van der Waals surface area contributed by atoms with Crippen LogP contribution in [-0.2, 0) is 0 Å². The lowest BCUT2D eigenvalue weighted by atomic mass is 9.96. The fraction of sp³-hybridized carbons (Fsp3) is 0.389. The van der Waals surface area contributed by atoms with Crippen molar-refractivity contribution in [3.63, 3.8) is 0 Å². The van der Waals surface area contributed by atoms with Crippen LogP contribution in [0.1, 0.15) is 52.2 Å². The molecule has 0 saturated carbocycles. The number of hydrogen-bond acceptors (Lipinski definition) is 1. The molecule has 100 valence electrons. The molecule has 1 heteroatoms. The van der Waals surface area contributed by atoms with Crippen molar-refractivity contribution in [1.29, 1.82) is 0 Å². The molecule has 0 radical (unpaired) electrons. The van der Waals surface area contributed by atoms with Gasteiger partial charge in [0.1, 0.15) is 0 Å². The van der Waals surface area contributed by atoms with E-state index in [9.17, 15) is 0 Å². The lowest BCUT2D eigenvalue weighted by Gasteiger charge is -2.13. The predicted molar refractivity (Wildman–Crippen MR) is 84.8 cm³/mol. The number of allylic oxidation sites excluding steroid dienone is 4. The van der Waals surface area contributed by atoms with Crippen LogP contribution in [0.3, 0.4) is 0 Å². The van der Waals surface area contributed by atoms with E-state index in [0.29, 0.717) is 0 Å². The fourth-order valence-electron chi connectivity index (χ4n) is 2.26. The van der Waals surface area contributed by atoms with Crippen LogP contribution >= 0.6 is 0 Å². The van der Waals surface area contributed by atoms with Gasteiger partial charge in [-0.15, -0.1) is 0 Å². The lowest BCUT2D eigenvalue weighted by molar-refractivity contribution is 0.586. The third-order valence-corrected chi connectivity index (χ3v) is 3.53. The molecule has 1 nitrogen and oxygen atoms in total. The molecule has 0 atom stereocenters. The Balaban J connectivity index is 2.41. The zero-order valence-corrected chi connectivity index (χ0v) is 12.6. The molecule has 0 aromatic heterocycles. The number of benzene rings is 1. The van der Waals surface area contributed by atoms with Gasteiger partial charge in [-0.25, -0.2) is 0 Å². The summed E-state index contributed by atoms with van der Waals surface area (Å²) in [5.41, 5.74) is 6.76. The molecule has 0 unspecified atom stereocenters. The Hall–Kier alpha value is -1.63. The summed E-state index contributed by atoms with van der Waals surface area (Å²) in [7, 11) is 0. The smallest absolute Gasteiger partial charge is 0.0524 e. The van der Waals surface area contributed by atoms with Crippen LogP contribution in [0, 0.1) is 0 Å². The molecule has 1 aliphatic rings. The number of rotatable bonds is 2. The molecule has 1 aromatic carbocycles. The lowest BCUT2D eigenvalue weighted by Crippen LogP contribution is -2.10. The highest BCUT2D eigenvalue weighted by Crippen LogP contribution is 2.34. The molecular formula is C18H23N. The molecule has 1 aliphatic carbocycles. The summed E-state index contributed by atoms with van der Waals surface area (Å²) in [6.07, 6.45) is 5.36. The molecule has 19 heavy (non-hydrogen) atoms. The van der Waals surface area contributed by atoms with Crippen molar-refractivity contribution in [2.24, 2.45) is 4.99 Å². The van der Waals surface area contributed by atoms with Crippen LogP contribution in [0.5, 0.6) is 0 Å². The van der Waals surface area contributed by atoms with Gasteiger partial charge in [0, 0.05) is 6.21 Å². The summed E-state index contributed by atoms with van der Waals surface area (Å²) in [6.45, 7) is 10.8. The second-order valence-electron chi connectivity index (χ2n) is 6.21. The SMILES string of the molecule is CC1=CCC(c2ccccc2C=NC(C)(C)C)=C1C. The molecule has 0 aliphatic heterocycles. The van der Waals surface area contributed by atoms with Gasteiger partial charge >= 0.3 is 0 Å². The molecule has 0 amide bonds. The molecule has 0 heterocycles. The van der Waals surface area contributed by atoms with E-state index in [2.05, 4.69) is 70.0 Å².